The van der Waals surface area contributed by atoms with E-state index in [9.17, 15) is 0 Å². The molecule has 0 bridgehead atoms. The number of hydrogen-bond donors (Lipinski definition) is 1. The van der Waals surface area contributed by atoms with Gasteiger partial charge in [0.25, 0.3) is 0 Å². The van der Waals surface area contributed by atoms with E-state index < -0.39 is 0 Å². The van der Waals surface area contributed by atoms with Crippen LogP contribution in [-0.2, 0) is 0 Å². The Morgan fingerprint density at radius 3 is 2.60 bits per heavy atom. The van der Waals surface area contributed by atoms with Gasteiger partial charge in [-0.3, -0.25) is 0 Å². The lowest BCUT2D eigenvalue weighted by atomic mass is 9.44. The lowest BCUT2D eigenvalue weighted by molar-refractivity contribution is -0.120. The van der Waals surface area contributed by atoms with Gasteiger partial charge in [-0.05, 0) is 98.3 Å². The van der Waals surface area contributed by atoms with Crippen molar-refractivity contribution in [2.75, 3.05) is 6.54 Å². The van der Waals surface area contributed by atoms with E-state index in [1.54, 1.807) is 12.8 Å². The summed E-state index contributed by atoms with van der Waals surface area (Å²) in [7, 11) is 0. The number of nitrogens with one attached hydrogen (secondary N) is 1. The predicted octanol–water partition coefficient (Wildman–Crippen LogP) is 6.42. The van der Waals surface area contributed by atoms with Crippen LogP contribution in [0.2, 0.25) is 0 Å². The van der Waals surface area contributed by atoms with Crippen LogP contribution in [0, 0.1) is 40.4 Å². The van der Waals surface area contributed by atoms with Crippen LogP contribution in [0.25, 0.3) is 0 Å². The molecule has 1 N–H and O–H groups in total. The Hall–Kier alpha value is -0.0400. The van der Waals surface area contributed by atoms with E-state index in [0.29, 0.717) is 10.8 Å². The summed E-state index contributed by atoms with van der Waals surface area (Å²) in [5, 5.41) is 4.15. The van der Waals surface area contributed by atoms with E-state index in [0.717, 1.165) is 35.6 Å². The Morgan fingerprint density at radius 2 is 1.80 bits per heavy atom. The Morgan fingerprint density at radius 1 is 0.960 bits per heavy atom. The molecule has 0 saturated heterocycles. The van der Waals surface area contributed by atoms with Crippen molar-refractivity contribution in [1.82, 2.24) is 5.32 Å². The Bertz CT molecular complexity index is 471. The zero-order valence-corrected chi connectivity index (χ0v) is 17.4. The van der Waals surface area contributed by atoms with Crippen molar-refractivity contribution in [2.45, 2.75) is 104 Å². The molecule has 1 heteroatoms. The third-order valence-electron chi connectivity index (χ3n) is 9.44. The minimum atomic E-state index is 0.639. The maximum absolute atomic E-state index is 4.15. The van der Waals surface area contributed by atoms with Gasteiger partial charge in [0.05, 0.1) is 0 Å². The van der Waals surface area contributed by atoms with Crippen molar-refractivity contribution in [3.8, 4) is 0 Å². The van der Waals surface area contributed by atoms with Gasteiger partial charge in [-0.2, -0.15) is 0 Å². The molecular formula is C24H43N. The molecule has 0 aromatic heterocycles. The third kappa shape index (κ3) is 3.11. The average Bonchev–Trinajstić information content (AvgIpc) is 2.95. The second kappa shape index (κ2) is 6.84. The predicted molar refractivity (Wildman–Crippen MR) is 108 cm³/mol. The van der Waals surface area contributed by atoms with Crippen LogP contribution in [-0.4, -0.2) is 12.6 Å². The summed E-state index contributed by atoms with van der Waals surface area (Å²) < 4.78 is 0. The first-order chi connectivity index (χ1) is 11.9. The topological polar surface area (TPSA) is 12.0 Å². The fourth-order valence-corrected chi connectivity index (χ4v) is 8.24. The van der Waals surface area contributed by atoms with E-state index in [4.69, 9.17) is 0 Å². The second-order valence-electron chi connectivity index (χ2n) is 11.3. The summed E-state index contributed by atoms with van der Waals surface area (Å²) >= 11 is 0. The molecular weight excluding hydrogens is 302 g/mol. The zero-order valence-electron chi connectivity index (χ0n) is 17.4. The molecule has 0 heterocycles. The summed E-state index contributed by atoms with van der Waals surface area (Å²) in [5.41, 5.74) is 1.29. The maximum atomic E-state index is 4.15. The van der Waals surface area contributed by atoms with Crippen LogP contribution in [0.4, 0.5) is 0 Å². The molecule has 0 aliphatic heterocycles. The molecule has 4 fully saturated rings. The van der Waals surface area contributed by atoms with E-state index in [2.05, 4.69) is 33.0 Å². The van der Waals surface area contributed by atoms with Crippen LogP contribution in [0.5, 0.6) is 0 Å². The van der Waals surface area contributed by atoms with E-state index in [1.807, 2.05) is 0 Å². The van der Waals surface area contributed by atoms with Gasteiger partial charge in [-0.15, -0.1) is 0 Å². The molecule has 7 atom stereocenters. The SMILES string of the molecule is CC(C)CCNC1C[C@]2(C)CCC[C@H]2[C@@H]2CCC3CCCC[C@]3(C)[C@H]12. The van der Waals surface area contributed by atoms with E-state index >= 15 is 0 Å². The highest BCUT2D eigenvalue weighted by molar-refractivity contribution is 5.11. The van der Waals surface area contributed by atoms with Crippen molar-refractivity contribution in [2.24, 2.45) is 40.4 Å². The van der Waals surface area contributed by atoms with Gasteiger partial charge in [-0.25, -0.2) is 0 Å². The molecule has 144 valence electrons. The molecule has 4 aliphatic rings. The molecule has 25 heavy (non-hydrogen) atoms. The average molecular weight is 346 g/mol. The quantitative estimate of drug-likeness (QED) is 0.619. The highest BCUT2D eigenvalue weighted by Gasteiger charge is 2.60. The Labute approximate surface area is 157 Å². The van der Waals surface area contributed by atoms with Crippen LogP contribution >= 0.6 is 0 Å². The molecule has 0 amide bonds. The van der Waals surface area contributed by atoms with Crippen LogP contribution in [0.3, 0.4) is 0 Å². The monoisotopic (exact) mass is 345 g/mol. The maximum Gasteiger partial charge on any atom is 0.0109 e. The first-order valence-electron chi connectivity index (χ1n) is 11.7. The van der Waals surface area contributed by atoms with Gasteiger partial charge in [0.1, 0.15) is 0 Å². The number of fused-ring (bicyclic) bond motifs is 5. The first-order valence-corrected chi connectivity index (χ1v) is 11.7. The van der Waals surface area contributed by atoms with Crippen LogP contribution in [0.15, 0.2) is 0 Å². The van der Waals surface area contributed by atoms with Gasteiger partial charge < -0.3 is 5.32 Å². The fourth-order valence-electron chi connectivity index (χ4n) is 8.24. The normalized spacial score (nSPS) is 49.6. The van der Waals surface area contributed by atoms with Gasteiger partial charge in [0.15, 0.2) is 0 Å². The first kappa shape index (κ1) is 18.3. The Balaban J connectivity index is 1.61. The standard InChI is InChI=1S/C24H43N/c1-17(2)12-15-25-21-16-23(3)13-7-9-20(23)19-11-10-18-8-5-6-14-24(18,4)22(19)21/h17-22,25H,5-16H2,1-4H3/t18?,19-,20-,21?,22-,23-,24-/m0/s1. The fraction of sp³-hybridized carbons (Fsp3) is 1.00. The highest BCUT2D eigenvalue weighted by atomic mass is 14.9. The molecule has 1 nitrogen and oxygen atoms in total. The lowest BCUT2D eigenvalue weighted by Crippen LogP contribution is -2.61. The van der Waals surface area contributed by atoms with Crippen molar-refractivity contribution < 1.29 is 0 Å². The summed E-state index contributed by atoms with van der Waals surface area (Å²) in [6.07, 6.45) is 16.5. The van der Waals surface area contributed by atoms with Crippen molar-refractivity contribution >= 4 is 0 Å². The summed E-state index contributed by atoms with van der Waals surface area (Å²) in [4.78, 5) is 0. The van der Waals surface area contributed by atoms with Crippen LogP contribution in [0.1, 0.15) is 98.3 Å². The van der Waals surface area contributed by atoms with E-state index in [1.165, 1.54) is 64.3 Å². The summed E-state index contributed by atoms with van der Waals surface area (Å²) in [6, 6.07) is 0.800. The van der Waals surface area contributed by atoms with Crippen molar-refractivity contribution in [1.29, 1.82) is 0 Å². The Kier molecular flexibility index (Phi) is 5.02. The lowest BCUT2D eigenvalue weighted by Gasteiger charge is -2.62. The van der Waals surface area contributed by atoms with Crippen molar-refractivity contribution in [3.05, 3.63) is 0 Å². The molecule has 4 rings (SSSR count). The zero-order chi connectivity index (χ0) is 17.7. The number of hydrogen-bond acceptors (Lipinski definition) is 1. The van der Waals surface area contributed by atoms with Gasteiger partial charge >= 0.3 is 0 Å². The molecule has 2 unspecified atom stereocenters. The minimum absolute atomic E-state index is 0.639. The molecule has 0 aromatic carbocycles. The molecule has 4 saturated carbocycles. The summed E-state index contributed by atoms with van der Waals surface area (Å²) in [5.74, 6) is 4.89. The van der Waals surface area contributed by atoms with Gasteiger partial charge in [-0.1, -0.05) is 47.0 Å². The summed E-state index contributed by atoms with van der Waals surface area (Å²) in [6.45, 7) is 11.4. The molecule has 0 radical (unpaired) electrons. The van der Waals surface area contributed by atoms with Crippen LogP contribution < -0.4 is 5.32 Å². The molecule has 0 aromatic rings. The largest absolute Gasteiger partial charge is 0.314 e. The molecule has 0 spiro atoms. The van der Waals surface area contributed by atoms with E-state index in [-0.39, 0.29) is 0 Å². The second-order valence-corrected chi connectivity index (χ2v) is 11.3. The highest BCUT2D eigenvalue weighted by Crippen LogP contribution is 2.66. The molecule has 4 aliphatic carbocycles. The number of rotatable bonds is 4. The smallest absolute Gasteiger partial charge is 0.0109 e. The third-order valence-corrected chi connectivity index (χ3v) is 9.44. The van der Waals surface area contributed by atoms with Gasteiger partial charge in [0.2, 0.25) is 0 Å². The van der Waals surface area contributed by atoms with Crippen molar-refractivity contribution in [3.63, 3.8) is 0 Å². The van der Waals surface area contributed by atoms with Gasteiger partial charge in [0, 0.05) is 6.04 Å². The minimum Gasteiger partial charge on any atom is -0.314 e.